The molecule has 36 heavy (non-hydrogen) atoms. The molecule has 1 aliphatic carbocycles. The number of benzene rings is 3. The van der Waals surface area contributed by atoms with E-state index in [1.165, 1.54) is 20.6 Å². The minimum Gasteiger partial charge on any atom is -0.308 e. The molecule has 0 saturated carbocycles. The number of amides is 1. The normalized spacial score (nSPS) is 14.6. The number of hydrogen-bond acceptors (Lipinski definition) is 4. The molecule has 182 valence electrons. The van der Waals surface area contributed by atoms with Crippen LogP contribution in [0.4, 0.5) is 5.69 Å². The fourth-order valence-electron chi connectivity index (χ4n) is 5.15. The molecule has 1 heterocycles. The quantitative estimate of drug-likeness (QED) is 0.315. The van der Waals surface area contributed by atoms with Crippen molar-refractivity contribution in [2.45, 2.75) is 31.1 Å². The first kappa shape index (κ1) is 24.1. The van der Waals surface area contributed by atoms with Gasteiger partial charge in [-0.15, -0.1) is 11.8 Å². The van der Waals surface area contributed by atoms with Crippen LogP contribution in [-0.4, -0.2) is 29.2 Å². The molecular formula is C30H28N2O3S. The van der Waals surface area contributed by atoms with E-state index in [0.29, 0.717) is 23.1 Å². The van der Waals surface area contributed by atoms with Crippen LogP contribution in [0, 0.1) is 5.92 Å². The third-order valence-electron chi connectivity index (χ3n) is 6.91. The monoisotopic (exact) mass is 496 g/mol. The molecule has 1 aliphatic rings. The maximum absolute atomic E-state index is 13.7. The summed E-state index contributed by atoms with van der Waals surface area (Å²) in [5.41, 5.74) is 3.25. The summed E-state index contributed by atoms with van der Waals surface area (Å²) in [7, 11) is 0. The van der Waals surface area contributed by atoms with E-state index in [-0.39, 0.29) is 23.8 Å². The number of carbonyl (C=O) groups is 2. The Morgan fingerprint density at radius 1 is 0.944 bits per heavy atom. The first-order chi connectivity index (χ1) is 17.5. The third-order valence-corrected chi connectivity index (χ3v) is 7.64. The molecule has 0 saturated heterocycles. The van der Waals surface area contributed by atoms with Crippen LogP contribution in [0.25, 0.3) is 10.9 Å². The number of nitrogens with zero attached hydrogens (tertiary/aromatic N) is 2. The molecule has 4 aromatic rings. The largest absolute Gasteiger partial charge is 0.308 e. The minimum atomic E-state index is -0.557. The van der Waals surface area contributed by atoms with Crippen molar-refractivity contribution >= 4 is 40.2 Å². The topological polar surface area (TPSA) is 59.4 Å². The van der Waals surface area contributed by atoms with Gasteiger partial charge in [0, 0.05) is 23.5 Å². The molecule has 6 heteroatoms. The van der Waals surface area contributed by atoms with Crippen LogP contribution in [0.2, 0.25) is 0 Å². The van der Waals surface area contributed by atoms with Crippen LogP contribution in [0.15, 0.2) is 88.6 Å². The lowest BCUT2D eigenvalue weighted by atomic mass is 10.0. The molecule has 0 spiro atoms. The van der Waals surface area contributed by atoms with Gasteiger partial charge < -0.3 is 4.90 Å². The molecule has 3 aromatic carbocycles. The Kier molecular flexibility index (Phi) is 6.79. The Hall–Kier alpha value is -3.64. The molecule has 1 amide bonds. The number of anilines is 1. The van der Waals surface area contributed by atoms with Crippen molar-refractivity contribution < 1.29 is 9.59 Å². The maximum atomic E-state index is 13.7. The summed E-state index contributed by atoms with van der Waals surface area (Å²) in [5, 5.41) is 0.692. The highest BCUT2D eigenvalue weighted by Gasteiger charge is 2.28. The zero-order chi connectivity index (χ0) is 25.2. The molecule has 1 unspecified atom stereocenters. The molecule has 5 nitrogen and oxygen atoms in total. The first-order valence-electron chi connectivity index (χ1n) is 12.2. The van der Waals surface area contributed by atoms with Crippen LogP contribution in [0.1, 0.15) is 39.6 Å². The summed E-state index contributed by atoms with van der Waals surface area (Å²) < 4.78 is 1.22. The van der Waals surface area contributed by atoms with Gasteiger partial charge in [0.25, 0.3) is 11.5 Å². The second-order valence-corrected chi connectivity index (χ2v) is 10.0. The second kappa shape index (κ2) is 10.2. The highest BCUT2D eigenvalue weighted by molar-refractivity contribution is 7.98. The van der Waals surface area contributed by atoms with Gasteiger partial charge in [-0.3, -0.25) is 14.4 Å². The van der Waals surface area contributed by atoms with Crippen molar-refractivity contribution in [2.24, 2.45) is 5.92 Å². The number of hydrogen-bond donors (Lipinski definition) is 0. The highest BCUT2D eigenvalue weighted by Crippen LogP contribution is 2.32. The summed E-state index contributed by atoms with van der Waals surface area (Å²) in [6.45, 7) is 2.28. The van der Waals surface area contributed by atoms with E-state index in [0.717, 1.165) is 12.8 Å². The van der Waals surface area contributed by atoms with Crippen LogP contribution in [0.5, 0.6) is 0 Å². The van der Waals surface area contributed by atoms with Gasteiger partial charge >= 0.3 is 0 Å². The molecule has 0 fully saturated rings. The van der Waals surface area contributed by atoms with Gasteiger partial charge in [0.1, 0.15) is 5.56 Å². The maximum Gasteiger partial charge on any atom is 0.270 e. The van der Waals surface area contributed by atoms with Crippen molar-refractivity contribution in [2.75, 3.05) is 17.7 Å². The molecule has 0 radical (unpaired) electrons. The van der Waals surface area contributed by atoms with Gasteiger partial charge in [0.05, 0.1) is 5.52 Å². The molecule has 1 atom stereocenters. The molecule has 5 rings (SSSR count). The number of carbonyl (C=O) groups excluding carboxylic acids is 2. The van der Waals surface area contributed by atoms with Gasteiger partial charge in [-0.2, -0.15) is 0 Å². The summed E-state index contributed by atoms with van der Waals surface area (Å²) in [5.74, 6) is -0.540. The third kappa shape index (κ3) is 4.49. The summed E-state index contributed by atoms with van der Waals surface area (Å²) in [6, 6.07) is 24.6. The van der Waals surface area contributed by atoms with Gasteiger partial charge in [-0.1, -0.05) is 42.5 Å². The van der Waals surface area contributed by atoms with E-state index in [9.17, 15) is 14.4 Å². The zero-order valence-electron chi connectivity index (χ0n) is 20.4. The molecule has 0 N–H and O–H groups in total. The number of fused-ring (bicyclic) bond motifs is 2. The number of para-hydroxylation sites is 2. The smallest absolute Gasteiger partial charge is 0.270 e. The Bertz CT molecular complexity index is 1510. The van der Waals surface area contributed by atoms with E-state index < -0.39 is 11.5 Å². The van der Waals surface area contributed by atoms with Crippen LogP contribution >= 0.6 is 11.8 Å². The van der Waals surface area contributed by atoms with Crippen molar-refractivity contribution in [1.29, 1.82) is 0 Å². The number of aromatic nitrogens is 1. The van der Waals surface area contributed by atoms with Crippen molar-refractivity contribution in [3.05, 3.63) is 106 Å². The van der Waals surface area contributed by atoms with Crippen LogP contribution in [-0.2, 0) is 12.8 Å². The summed E-state index contributed by atoms with van der Waals surface area (Å²) in [4.78, 5) is 43.7. The Morgan fingerprint density at radius 3 is 2.42 bits per heavy atom. The molecule has 0 aliphatic heterocycles. The summed E-state index contributed by atoms with van der Waals surface area (Å²) >= 11 is 1.71. The predicted octanol–water partition coefficient (Wildman–Crippen LogP) is 5.84. The van der Waals surface area contributed by atoms with Crippen molar-refractivity contribution in [1.82, 2.24) is 4.57 Å². The predicted molar refractivity (Wildman–Crippen MR) is 146 cm³/mol. The standard InChI is InChI=1S/C30H28N2O3S/c1-3-31(24-10-5-4-6-11-24)29(34)26-19-22-9-7-8-12-27(22)32(30(26)35)28(33)17-20-15-21-13-14-25(36-2)18-23(21)16-20/h4-14,18-20H,3,15-17H2,1-2H3. The van der Waals surface area contributed by atoms with Gasteiger partial charge in [-0.05, 0) is 84.9 Å². The lowest BCUT2D eigenvalue weighted by Crippen LogP contribution is -2.38. The Morgan fingerprint density at radius 2 is 1.67 bits per heavy atom. The number of pyridine rings is 1. The first-order valence-corrected chi connectivity index (χ1v) is 13.4. The van der Waals surface area contributed by atoms with Crippen LogP contribution in [0.3, 0.4) is 0 Å². The minimum absolute atomic E-state index is 0.00655. The second-order valence-electron chi connectivity index (χ2n) is 9.15. The van der Waals surface area contributed by atoms with Gasteiger partial charge in [0.15, 0.2) is 0 Å². The SMILES string of the molecule is CCN(C(=O)c1cc2ccccc2n(C(=O)CC2Cc3ccc(SC)cc3C2)c1=O)c1ccccc1. The lowest BCUT2D eigenvalue weighted by molar-refractivity contribution is 0.0882. The average Bonchev–Trinajstić information content (AvgIpc) is 3.30. The average molecular weight is 497 g/mol. The van der Waals surface area contributed by atoms with E-state index in [1.54, 1.807) is 28.8 Å². The van der Waals surface area contributed by atoms with Gasteiger partial charge in [-0.25, -0.2) is 4.57 Å². The fraction of sp³-hybridized carbons (Fsp3) is 0.233. The van der Waals surface area contributed by atoms with Crippen molar-refractivity contribution in [3.8, 4) is 0 Å². The lowest BCUT2D eigenvalue weighted by Gasteiger charge is -2.22. The van der Waals surface area contributed by atoms with Crippen molar-refractivity contribution in [3.63, 3.8) is 0 Å². The van der Waals surface area contributed by atoms with E-state index in [4.69, 9.17) is 0 Å². The number of thioether (sulfide) groups is 1. The number of rotatable bonds is 6. The zero-order valence-corrected chi connectivity index (χ0v) is 21.3. The highest BCUT2D eigenvalue weighted by atomic mass is 32.2. The summed E-state index contributed by atoms with van der Waals surface area (Å²) in [6.07, 6.45) is 3.94. The van der Waals surface area contributed by atoms with E-state index in [2.05, 4.69) is 24.5 Å². The molecular weight excluding hydrogens is 468 g/mol. The Balaban J connectivity index is 1.50. The van der Waals surface area contributed by atoms with E-state index >= 15 is 0 Å². The van der Waals surface area contributed by atoms with E-state index in [1.807, 2.05) is 55.5 Å². The fourth-order valence-corrected chi connectivity index (χ4v) is 5.62. The molecule has 0 bridgehead atoms. The molecule has 1 aromatic heterocycles. The van der Waals surface area contributed by atoms with Crippen LogP contribution < -0.4 is 10.5 Å². The Labute approximate surface area is 214 Å². The van der Waals surface area contributed by atoms with Gasteiger partial charge in [0.2, 0.25) is 5.91 Å².